The summed E-state index contributed by atoms with van der Waals surface area (Å²) in [4.78, 5) is 13.3. The van der Waals surface area contributed by atoms with Gasteiger partial charge in [-0.2, -0.15) is 0 Å². The van der Waals surface area contributed by atoms with Crippen molar-refractivity contribution in [3.05, 3.63) is 206 Å². The van der Waals surface area contributed by atoms with Crippen molar-refractivity contribution in [3.8, 4) is 0 Å². The van der Waals surface area contributed by atoms with Gasteiger partial charge in [-0.25, -0.2) is 0 Å². The van der Waals surface area contributed by atoms with Crippen molar-refractivity contribution in [3.63, 3.8) is 0 Å². The molecule has 10 heteroatoms. The van der Waals surface area contributed by atoms with Gasteiger partial charge in [-0.3, -0.25) is 0 Å². The minimum absolute atomic E-state index is 0.0787. The van der Waals surface area contributed by atoms with Crippen LogP contribution in [0.2, 0.25) is 10.0 Å². The smallest absolute Gasteiger partial charge is 0.126 e. The van der Waals surface area contributed by atoms with Gasteiger partial charge in [0.1, 0.15) is 5.78 Å². The summed E-state index contributed by atoms with van der Waals surface area (Å²) in [6, 6.07) is 55.6. The summed E-state index contributed by atoms with van der Waals surface area (Å²) in [7, 11) is 0. The number of rotatable bonds is 2. The second kappa shape index (κ2) is 22.1. The number of hydrogen-bond donors (Lipinski definition) is 3. The summed E-state index contributed by atoms with van der Waals surface area (Å²) < 4.78 is 15.5. The molecular formula is C63H54BrCl2N3OS3. The molecule has 0 aliphatic heterocycles. The molecule has 4 heterocycles. The second-order valence-electron chi connectivity index (χ2n) is 18.3. The minimum atomic E-state index is -0.0833. The fraction of sp³-hybridized carbons (Fsp3) is 0.127. The number of anilines is 3. The van der Waals surface area contributed by atoms with Crippen LogP contribution in [-0.4, -0.2) is 10.8 Å². The quantitative estimate of drug-likeness (QED) is 0.151. The zero-order valence-corrected chi connectivity index (χ0v) is 47.1. The average Bonchev–Trinajstić information content (AvgIpc) is 4.17. The molecule has 13 rings (SSSR count). The third-order valence-corrected chi connectivity index (χ3v) is 17.7. The maximum absolute atomic E-state index is 9.62. The summed E-state index contributed by atoms with van der Waals surface area (Å²) in [5.41, 5.74) is 18.1. The first kappa shape index (κ1) is 50.3. The monoisotopic (exact) mass is 1110 g/mol. The van der Waals surface area contributed by atoms with Crippen molar-refractivity contribution in [1.82, 2.24) is 4.98 Å². The third-order valence-electron chi connectivity index (χ3n) is 12.5. The van der Waals surface area contributed by atoms with Gasteiger partial charge in [0.05, 0.1) is 42.0 Å². The predicted octanol–water partition coefficient (Wildman–Crippen LogP) is 21.3. The number of ketones is 1. The molecule has 4 N–H and O–H groups in total. The van der Waals surface area contributed by atoms with E-state index >= 15 is 0 Å². The number of nitrogen functional groups attached to an aromatic ring is 1. The number of H-pyrrole nitrogens is 1. The van der Waals surface area contributed by atoms with Crippen LogP contribution in [0.4, 0.5) is 17.1 Å². The SMILES string of the molecule is Brc1cccc2c1sc1ccccc12.Cc1cc(C)c(N)c(Cl)c1.Cc1cc(C)c(Nc2cccc3c2sc2ccccc23)c(Cl)c1.Cc1cc(C)c2[nH]c3c(ccc4c5ccccc5sc43)c2c1.[2H]CC(C)=O. The Labute approximate surface area is 457 Å². The largest absolute Gasteiger partial charge is 0.397 e. The Morgan fingerprint density at radius 1 is 0.521 bits per heavy atom. The number of nitrogens with one attached hydrogen (secondary N) is 2. The Hall–Kier alpha value is -6.23. The number of nitrogens with two attached hydrogens (primary N) is 1. The van der Waals surface area contributed by atoms with E-state index in [9.17, 15) is 4.79 Å². The Morgan fingerprint density at radius 2 is 0.986 bits per heavy atom. The molecule has 0 aliphatic rings. The molecule has 13 aromatic rings. The summed E-state index contributed by atoms with van der Waals surface area (Å²) in [5.74, 6) is -0.0787. The third kappa shape index (κ3) is 11.0. The molecule has 0 radical (unpaired) electrons. The van der Waals surface area contributed by atoms with E-state index in [1.54, 1.807) is 0 Å². The maximum atomic E-state index is 9.62. The standard InChI is InChI=1S/C20H16ClNS.C20H15NS.C12H7BrS.C8H10ClN.C3H6O/c1-12-10-13(2)19(16(21)11-12)22-17-8-5-7-15-14-6-3-4-9-18(14)23-20(15)17;1-11-9-12(2)18-16(10-11)14-7-8-15-13-5-3-4-6-17(13)22-20(15)19(14)21-18;13-10-6-3-5-9-8-4-1-2-7-11(8)14-12(9)10;1-5-3-6(2)8(10)7(9)4-5;1-3(2)4/h3-11,22H,1-2H3;3-10,21H,1-2H3;1-7H;3-4H,10H2,1-2H3;1-2H3/i;;;;1D. The number of benzene rings is 9. The van der Waals surface area contributed by atoms with Crippen molar-refractivity contribution < 1.29 is 6.17 Å². The molecule has 9 aromatic carbocycles. The Morgan fingerprint density at radius 3 is 1.58 bits per heavy atom. The molecule has 4 aromatic heterocycles. The van der Waals surface area contributed by atoms with Crippen molar-refractivity contribution in [1.29, 1.82) is 0 Å². The van der Waals surface area contributed by atoms with E-state index in [1.165, 1.54) is 110 Å². The van der Waals surface area contributed by atoms with Crippen LogP contribution >= 0.6 is 73.1 Å². The van der Waals surface area contributed by atoms with E-state index in [2.05, 4.69) is 193 Å². The fourth-order valence-electron chi connectivity index (χ4n) is 9.30. The zero-order valence-electron chi connectivity index (χ0n) is 42.6. The number of Topliss-reactive ketones (excluding diaryl/α,β-unsaturated/α-hetero) is 1. The van der Waals surface area contributed by atoms with Gasteiger partial charge >= 0.3 is 0 Å². The summed E-state index contributed by atoms with van der Waals surface area (Å²) >= 11 is 21.4. The van der Waals surface area contributed by atoms with Gasteiger partial charge in [0, 0.05) is 73.2 Å². The van der Waals surface area contributed by atoms with E-state index in [1.807, 2.05) is 66.1 Å². The number of aryl methyl sites for hydroxylation is 6. The lowest BCUT2D eigenvalue weighted by Gasteiger charge is -2.13. The first-order chi connectivity index (χ1) is 35.6. The number of aromatic nitrogens is 1. The number of thiophene rings is 3. The number of hydrogen-bond acceptors (Lipinski definition) is 6. The van der Waals surface area contributed by atoms with Gasteiger partial charge in [-0.15, -0.1) is 34.0 Å². The van der Waals surface area contributed by atoms with E-state index in [0.29, 0.717) is 10.7 Å². The first-order valence-corrected chi connectivity index (χ1v) is 27.7. The molecule has 4 nitrogen and oxygen atoms in total. The predicted molar refractivity (Wildman–Crippen MR) is 330 cm³/mol. The normalized spacial score (nSPS) is 11.2. The Bertz CT molecular complexity index is 4180. The van der Waals surface area contributed by atoms with E-state index in [4.69, 9.17) is 30.3 Å². The number of carbonyl (C=O) groups is 1. The highest BCUT2D eigenvalue weighted by molar-refractivity contribution is 9.10. The zero-order chi connectivity index (χ0) is 52.4. The molecular weight excluding hydrogens is 1060 g/mol. The number of aromatic amines is 1. The second-order valence-corrected chi connectivity index (χ2v) is 23.2. The van der Waals surface area contributed by atoms with Crippen LogP contribution < -0.4 is 11.1 Å². The highest BCUT2D eigenvalue weighted by atomic mass is 79.9. The molecule has 0 atom stereocenters. The molecule has 0 amide bonds. The van der Waals surface area contributed by atoms with E-state index in [-0.39, 0.29) is 12.7 Å². The molecule has 0 unspecified atom stereocenters. The number of carbonyl (C=O) groups excluding carboxylic acids is 1. The topological polar surface area (TPSA) is 70.9 Å². The molecule has 0 saturated carbocycles. The van der Waals surface area contributed by atoms with Crippen LogP contribution in [0.5, 0.6) is 0 Å². The lowest BCUT2D eigenvalue weighted by Crippen LogP contribution is -1.95. The molecule has 0 fully saturated rings. The van der Waals surface area contributed by atoms with E-state index < -0.39 is 0 Å². The van der Waals surface area contributed by atoms with Crippen molar-refractivity contribution in [2.24, 2.45) is 0 Å². The molecule has 0 saturated heterocycles. The van der Waals surface area contributed by atoms with Crippen molar-refractivity contribution in [2.45, 2.75) is 55.4 Å². The van der Waals surface area contributed by atoms with E-state index in [0.717, 1.165) is 33.1 Å². The van der Waals surface area contributed by atoms with Gasteiger partial charge in [0.2, 0.25) is 0 Å². The number of halogens is 3. The number of fused-ring (bicyclic) bond motifs is 13. The molecule has 0 spiro atoms. The highest BCUT2D eigenvalue weighted by Gasteiger charge is 2.15. The molecule has 73 heavy (non-hydrogen) atoms. The molecule has 0 aliphatic carbocycles. The van der Waals surface area contributed by atoms with Crippen LogP contribution in [-0.2, 0) is 4.79 Å². The Balaban J connectivity index is 0.000000122. The summed E-state index contributed by atoms with van der Waals surface area (Å²) in [5, 5.41) is 15.7. The average molecular weight is 1120 g/mol. The van der Waals surface area contributed by atoms with Gasteiger partial charge in [0.15, 0.2) is 0 Å². The highest BCUT2D eigenvalue weighted by Crippen LogP contribution is 2.43. The van der Waals surface area contributed by atoms with Crippen LogP contribution in [0.3, 0.4) is 0 Å². The maximum Gasteiger partial charge on any atom is 0.126 e. The summed E-state index contributed by atoms with van der Waals surface area (Å²) in [6.45, 7) is 13.8. The van der Waals surface area contributed by atoms with Crippen molar-refractivity contribution in [2.75, 3.05) is 11.1 Å². The lowest BCUT2D eigenvalue weighted by atomic mass is 10.1. The van der Waals surface area contributed by atoms with Gasteiger partial charge in [0.25, 0.3) is 0 Å². The summed E-state index contributed by atoms with van der Waals surface area (Å²) in [6.07, 6.45) is 0. The van der Waals surface area contributed by atoms with Gasteiger partial charge in [-0.1, -0.05) is 138 Å². The van der Waals surface area contributed by atoms with Crippen LogP contribution in [0, 0.1) is 41.5 Å². The lowest BCUT2D eigenvalue weighted by molar-refractivity contribution is -0.115. The van der Waals surface area contributed by atoms with Crippen molar-refractivity contribution >= 4 is 178 Å². The van der Waals surface area contributed by atoms with Gasteiger partial charge < -0.3 is 20.8 Å². The van der Waals surface area contributed by atoms with Crippen LogP contribution in [0.25, 0.3) is 82.3 Å². The fourth-order valence-corrected chi connectivity index (χ4v) is 14.1. The van der Waals surface area contributed by atoms with Gasteiger partial charge in [-0.05, 0) is 148 Å². The minimum Gasteiger partial charge on any atom is -0.397 e. The Kier molecular flexibility index (Phi) is 15.2. The first-order valence-electron chi connectivity index (χ1n) is 24.4. The van der Waals surface area contributed by atoms with Crippen LogP contribution in [0.15, 0.2) is 162 Å². The molecule has 366 valence electrons. The molecule has 0 bridgehead atoms. The van der Waals surface area contributed by atoms with Crippen LogP contribution in [0.1, 0.15) is 48.6 Å².